The van der Waals surface area contributed by atoms with Crippen LogP contribution in [0.4, 0.5) is 11.8 Å². The Bertz CT molecular complexity index is 516. The Kier molecular flexibility index (Phi) is 3.96. The first-order valence-electron chi connectivity index (χ1n) is 5.82. The number of aromatic nitrogens is 2. The molecule has 0 aliphatic carbocycles. The van der Waals surface area contributed by atoms with Crippen molar-refractivity contribution in [2.45, 2.75) is 13.5 Å². The second kappa shape index (κ2) is 5.86. The number of ether oxygens (including phenoxy) is 1. The minimum absolute atomic E-state index is 0.454. The van der Waals surface area contributed by atoms with E-state index in [-0.39, 0.29) is 0 Å². The van der Waals surface area contributed by atoms with Crippen molar-refractivity contribution in [2.75, 3.05) is 17.7 Å². The number of benzene rings is 1. The molecule has 0 saturated heterocycles. The molecule has 0 aliphatic rings. The zero-order valence-electron chi connectivity index (χ0n) is 10.3. The highest BCUT2D eigenvalue weighted by molar-refractivity contribution is 5.37. The van der Waals surface area contributed by atoms with E-state index >= 15 is 0 Å². The van der Waals surface area contributed by atoms with E-state index < -0.39 is 0 Å². The molecule has 0 atom stereocenters. The average Bonchev–Trinajstić information content (AvgIpc) is 2.37. The quantitative estimate of drug-likeness (QED) is 0.842. The van der Waals surface area contributed by atoms with E-state index in [2.05, 4.69) is 15.3 Å². The van der Waals surface area contributed by atoms with Gasteiger partial charge in [0.05, 0.1) is 6.61 Å². The molecule has 0 fully saturated rings. The number of nitrogens with zero attached hydrogens (tertiary/aromatic N) is 2. The van der Waals surface area contributed by atoms with E-state index in [4.69, 9.17) is 10.5 Å². The van der Waals surface area contributed by atoms with Gasteiger partial charge in [-0.1, -0.05) is 12.1 Å². The minimum atomic E-state index is 0.454. The van der Waals surface area contributed by atoms with Crippen LogP contribution in [0.15, 0.2) is 36.5 Å². The van der Waals surface area contributed by atoms with E-state index in [0.29, 0.717) is 24.9 Å². The van der Waals surface area contributed by atoms with Crippen LogP contribution in [0.5, 0.6) is 5.75 Å². The van der Waals surface area contributed by atoms with Gasteiger partial charge in [-0.2, -0.15) is 4.98 Å². The van der Waals surface area contributed by atoms with E-state index in [0.717, 1.165) is 11.3 Å². The molecule has 5 heteroatoms. The number of nitrogens with two attached hydrogens (primary N) is 1. The van der Waals surface area contributed by atoms with Gasteiger partial charge in [0.15, 0.2) is 0 Å². The van der Waals surface area contributed by atoms with Gasteiger partial charge in [0.2, 0.25) is 5.95 Å². The summed E-state index contributed by atoms with van der Waals surface area (Å²) in [6.45, 7) is 3.26. The minimum Gasteiger partial charge on any atom is -0.494 e. The molecule has 94 valence electrons. The van der Waals surface area contributed by atoms with Gasteiger partial charge in [0.25, 0.3) is 0 Å². The molecule has 3 N–H and O–H groups in total. The van der Waals surface area contributed by atoms with Crippen LogP contribution in [-0.2, 0) is 6.54 Å². The van der Waals surface area contributed by atoms with Crippen molar-refractivity contribution in [3.63, 3.8) is 0 Å². The monoisotopic (exact) mass is 244 g/mol. The lowest BCUT2D eigenvalue weighted by Gasteiger charge is -2.07. The zero-order valence-corrected chi connectivity index (χ0v) is 10.3. The maximum Gasteiger partial charge on any atom is 0.224 e. The standard InChI is InChI=1S/C13H16N4O/c1-2-18-11-5-3-4-10(8-11)9-16-13-15-7-6-12(14)17-13/h3-8H,2,9H2,1H3,(H3,14,15,16,17). The maximum atomic E-state index is 5.58. The van der Waals surface area contributed by atoms with Crippen LogP contribution in [0.1, 0.15) is 12.5 Å². The molecule has 0 aliphatic heterocycles. The average molecular weight is 244 g/mol. The first kappa shape index (κ1) is 12.2. The second-order valence-corrected chi connectivity index (χ2v) is 3.74. The summed E-state index contributed by atoms with van der Waals surface area (Å²) < 4.78 is 5.44. The Labute approximate surface area is 106 Å². The smallest absolute Gasteiger partial charge is 0.224 e. The Morgan fingerprint density at radius 2 is 2.22 bits per heavy atom. The normalized spacial score (nSPS) is 10.1. The highest BCUT2D eigenvalue weighted by Crippen LogP contribution is 2.14. The third-order valence-corrected chi connectivity index (χ3v) is 2.34. The summed E-state index contributed by atoms with van der Waals surface area (Å²) in [5.41, 5.74) is 6.68. The van der Waals surface area contributed by atoms with E-state index in [1.165, 1.54) is 0 Å². The molecule has 2 rings (SSSR count). The van der Waals surface area contributed by atoms with Gasteiger partial charge in [-0.3, -0.25) is 0 Å². The molecule has 0 radical (unpaired) electrons. The molecule has 0 amide bonds. The summed E-state index contributed by atoms with van der Waals surface area (Å²) in [7, 11) is 0. The first-order chi connectivity index (χ1) is 8.78. The third kappa shape index (κ3) is 3.35. The van der Waals surface area contributed by atoms with E-state index in [1.807, 2.05) is 31.2 Å². The maximum absolute atomic E-state index is 5.58. The predicted molar refractivity (Wildman–Crippen MR) is 71.4 cm³/mol. The Morgan fingerprint density at radius 1 is 1.33 bits per heavy atom. The Balaban J connectivity index is 1.99. The molecule has 5 nitrogen and oxygen atoms in total. The topological polar surface area (TPSA) is 73.1 Å². The van der Waals surface area contributed by atoms with Crippen molar-refractivity contribution in [3.05, 3.63) is 42.1 Å². The molecule has 0 unspecified atom stereocenters. The lowest BCUT2D eigenvalue weighted by Crippen LogP contribution is -2.05. The second-order valence-electron chi connectivity index (χ2n) is 3.74. The van der Waals surface area contributed by atoms with E-state index in [9.17, 15) is 0 Å². The van der Waals surface area contributed by atoms with E-state index in [1.54, 1.807) is 12.3 Å². The molecular weight excluding hydrogens is 228 g/mol. The van der Waals surface area contributed by atoms with Crippen LogP contribution in [0, 0.1) is 0 Å². The summed E-state index contributed by atoms with van der Waals surface area (Å²) in [6.07, 6.45) is 1.63. The molecule has 18 heavy (non-hydrogen) atoms. The van der Waals surface area contributed by atoms with Crippen molar-refractivity contribution in [1.82, 2.24) is 9.97 Å². The van der Waals surface area contributed by atoms with Crippen molar-refractivity contribution >= 4 is 11.8 Å². The van der Waals surface area contributed by atoms with Crippen molar-refractivity contribution in [3.8, 4) is 5.75 Å². The summed E-state index contributed by atoms with van der Waals surface area (Å²) in [5, 5.41) is 3.11. The van der Waals surface area contributed by atoms with Gasteiger partial charge < -0.3 is 15.8 Å². The van der Waals surface area contributed by atoms with Crippen LogP contribution in [0.25, 0.3) is 0 Å². The van der Waals surface area contributed by atoms with Gasteiger partial charge in [-0.25, -0.2) is 4.98 Å². The number of hydrogen-bond acceptors (Lipinski definition) is 5. The largest absolute Gasteiger partial charge is 0.494 e. The van der Waals surface area contributed by atoms with Crippen LogP contribution < -0.4 is 15.8 Å². The molecule has 0 bridgehead atoms. The van der Waals surface area contributed by atoms with Gasteiger partial charge in [-0.15, -0.1) is 0 Å². The van der Waals surface area contributed by atoms with Gasteiger partial charge in [0.1, 0.15) is 11.6 Å². The molecule has 0 saturated carbocycles. The summed E-state index contributed by atoms with van der Waals surface area (Å²) in [5.74, 6) is 1.85. The number of nitrogen functional groups attached to an aromatic ring is 1. The van der Waals surface area contributed by atoms with Gasteiger partial charge >= 0.3 is 0 Å². The van der Waals surface area contributed by atoms with Crippen molar-refractivity contribution in [1.29, 1.82) is 0 Å². The van der Waals surface area contributed by atoms with Crippen LogP contribution in [-0.4, -0.2) is 16.6 Å². The van der Waals surface area contributed by atoms with Gasteiger partial charge in [-0.05, 0) is 30.7 Å². The number of hydrogen-bond donors (Lipinski definition) is 2. The van der Waals surface area contributed by atoms with Crippen molar-refractivity contribution in [2.24, 2.45) is 0 Å². The van der Waals surface area contributed by atoms with Crippen LogP contribution in [0.2, 0.25) is 0 Å². The fourth-order valence-electron chi connectivity index (χ4n) is 1.55. The molecular formula is C13H16N4O. The fourth-order valence-corrected chi connectivity index (χ4v) is 1.55. The molecule has 1 aromatic heterocycles. The predicted octanol–water partition coefficient (Wildman–Crippen LogP) is 2.07. The fraction of sp³-hybridized carbons (Fsp3) is 0.231. The number of nitrogens with one attached hydrogen (secondary N) is 1. The summed E-state index contributed by atoms with van der Waals surface area (Å²) >= 11 is 0. The Hall–Kier alpha value is -2.30. The van der Waals surface area contributed by atoms with Gasteiger partial charge in [0, 0.05) is 12.7 Å². The summed E-state index contributed by atoms with van der Waals surface area (Å²) in [6, 6.07) is 9.55. The van der Waals surface area contributed by atoms with Crippen molar-refractivity contribution < 1.29 is 4.74 Å². The molecule has 1 aromatic carbocycles. The SMILES string of the molecule is CCOc1cccc(CNc2nccc(N)n2)c1. The molecule has 1 heterocycles. The lowest BCUT2D eigenvalue weighted by molar-refractivity contribution is 0.340. The third-order valence-electron chi connectivity index (χ3n) is 2.34. The highest BCUT2D eigenvalue weighted by Gasteiger charge is 1.99. The first-order valence-corrected chi connectivity index (χ1v) is 5.82. The zero-order chi connectivity index (χ0) is 12.8. The Morgan fingerprint density at radius 3 is 3.00 bits per heavy atom. The lowest BCUT2D eigenvalue weighted by atomic mass is 10.2. The van der Waals surface area contributed by atoms with Crippen LogP contribution in [0.3, 0.4) is 0 Å². The highest BCUT2D eigenvalue weighted by atomic mass is 16.5. The summed E-state index contributed by atoms with van der Waals surface area (Å²) in [4.78, 5) is 8.15. The number of rotatable bonds is 5. The molecule has 2 aromatic rings. The van der Waals surface area contributed by atoms with Crippen LogP contribution >= 0.6 is 0 Å². The molecule has 0 spiro atoms. The number of anilines is 2.